The van der Waals surface area contributed by atoms with Gasteiger partial charge in [0.15, 0.2) is 0 Å². The van der Waals surface area contributed by atoms with Crippen LogP contribution in [0.2, 0.25) is 0 Å². The summed E-state index contributed by atoms with van der Waals surface area (Å²) in [6.07, 6.45) is 1.22. The van der Waals surface area contributed by atoms with Gasteiger partial charge in [-0.1, -0.05) is 0 Å². The molecule has 2 aromatic heterocycles. The van der Waals surface area contributed by atoms with Crippen LogP contribution in [0.5, 0.6) is 5.88 Å². The molecular weight excluding hydrogens is 322 g/mol. The number of aryl methyl sites for hydroxylation is 1. The van der Waals surface area contributed by atoms with Crippen LogP contribution in [0.1, 0.15) is 10.4 Å². The number of ether oxygens (including phenoxy) is 1. The Morgan fingerprint density at radius 2 is 2.14 bits per heavy atom. The van der Waals surface area contributed by atoms with Crippen molar-refractivity contribution in [3.63, 3.8) is 0 Å². The zero-order valence-corrected chi connectivity index (χ0v) is 13.4. The fourth-order valence-electron chi connectivity index (χ4n) is 2.04. The van der Waals surface area contributed by atoms with E-state index in [-0.39, 0.29) is 6.10 Å². The molecule has 114 valence electrons. The van der Waals surface area contributed by atoms with Crippen molar-refractivity contribution in [1.29, 1.82) is 5.26 Å². The summed E-state index contributed by atoms with van der Waals surface area (Å²) in [4.78, 5) is 4.98. The van der Waals surface area contributed by atoms with E-state index in [0.29, 0.717) is 28.7 Å². The molecular formula is C14H13N3O3S2. The number of nitriles is 1. The number of pyridine rings is 1. The predicted octanol–water partition coefficient (Wildman–Crippen LogP) is 1.78. The van der Waals surface area contributed by atoms with E-state index >= 15 is 0 Å². The number of nitrogens with zero attached hydrogens (tertiary/aromatic N) is 3. The minimum Gasteiger partial charge on any atom is -0.472 e. The molecule has 0 N–H and O–H groups in total. The Hall–Kier alpha value is -1.95. The molecule has 0 atom stereocenters. The van der Waals surface area contributed by atoms with Crippen LogP contribution in [-0.4, -0.2) is 36.9 Å². The van der Waals surface area contributed by atoms with Crippen molar-refractivity contribution in [3.8, 4) is 11.9 Å². The molecule has 3 rings (SSSR count). The maximum Gasteiger partial charge on any atom is 0.252 e. The molecule has 0 aromatic carbocycles. The lowest BCUT2D eigenvalue weighted by Crippen LogP contribution is -2.55. The van der Waals surface area contributed by atoms with Gasteiger partial charge in [0.05, 0.1) is 18.7 Å². The van der Waals surface area contributed by atoms with Crippen molar-refractivity contribution in [1.82, 2.24) is 9.29 Å². The van der Waals surface area contributed by atoms with Crippen LogP contribution < -0.4 is 4.74 Å². The maximum absolute atomic E-state index is 12.3. The van der Waals surface area contributed by atoms with Gasteiger partial charge >= 0.3 is 0 Å². The third-order valence-electron chi connectivity index (χ3n) is 3.28. The topological polar surface area (TPSA) is 83.3 Å². The highest BCUT2D eigenvalue weighted by molar-refractivity contribution is 7.91. The molecule has 0 saturated carbocycles. The second-order valence-electron chi connectivity index (χ2n) is 4.92. The lowest BCUT2D eigenvalue weighted by atomic mass is 10.2. The van der Waals surface area contributed by atoms with Crippen LogP contribution in [0.15, 0.2) is 34.7 Å². The first-order chi connectivity index (χ1) is 10.5. The first-order valence-corrected chi connectivity index (χ1v) is 8.84. The van der Waals surface area contributed by atoms with E-state index in [2.05, 4.69) is 4.98 Å². The van der Waals surface area contributed by atoms with Gasteiger partial charge in [0, 0.05) is 17.1 Å². The summed E-state index contributed by atoms with van der Waals surface area (Å²) in [5.74, 6) is 0.396. The Morgan fingerprint density at radius 3 is 2.68 bits per heavy atom. The molecule has 0 bridgehead atoms. The fraction of sp³-hybridized carbons (Fsp3) is 0.286. The van der Waals surface area contributed by atoms with Crippen LogP contribution in [-0.2, 0) is 10.0 Å². The van der Waals surface area contributed by atoms with E-state index in [0.717, 1.165) is 4.88 Å². The summed E-state index contributed by atoms with van der Waals surface area (Å²) >= 11 is 1.27. The number of hydrogen-bond donors (Lipinski definition) is 0. The zero-order valence-electron chi connectivity index (χ0n) is 11.8. The van der Waals surface area contributed by atoms with Crippen LogP contribution in [0.4, 0.5) is 0 Å². The summed E-state index contributed by atoms with van der Waals surface area (Å²) in [6.45, 7) is 2.49. The minimum absolute atomic E-state index is 0.212. The first-order valence-electron chi connectivity index (χ1n) is 6.58. The number of aromatic nitrogens is 1. The van der Waals surface area contributed by atoms with Gasteiger partial charge in [-0.15, -0.1) is 11.3 Å². The highest BCUT2D eigenvalue weighted by Crippen LogP contribution is 2.28. The standard InChI is InChI=1S/C14H13N3O3S2/c1-10-2-5-14(21-10)22(18,19)17-8-12(9-17)20-13-4-3-11(6-15)7-16-13/h2-5,7,12H,8-9H2,1H3. The summed E-state index contributed by atoms with van der Waals surface area (Å²) in [5.41, 5.74) is 0.457. The Bertz CT molecular complexity index is 816. The Balaban J connectivity index is 1.61. The molecule has 1 fully saturated rings. The van der Waals surface area contributed by atoms with Gasteiger partial charge < -0.3 is 4.74 Å². The Labute approximate surface area is 132 Å². The predicted molar refractivity (Wildman–Crippen MR) is 81.2 cm³/mol. The minimum atomic E-state index is -3.41. The molecule has 22 heavy (non-hydrogen) atoms. The second kappa shape index (κ2) is 5.68. The second-order valence-corrected chi connectivity index (χ2v) is 8.38. The summed E-state index contributed by atoms with van der Waals surface area (Å²) in [7, 11) is -3.41. The molecule has 6 nitrogen and oxygen atoms in total. The van der Waals surface area contributed by atoms with Crippen LogP contribution in [0.25, 0.3) is 0 Å². The molecule has 0 spiro atoms. The van der Waals surface area contributed by atoms with Crippen LogP contribution in [0, 0.1) is 18.3 Å². The summed E-state index contributed by atoms with van der Waals surface area (Å²) in [5, 5.41) is 8.70. The SMILES string of the molecule is Cc1ccc(S(=O)(=O)N2CC(Oc3ccc(C#N)cn3)C2)s1. The van der Waals surface area contributed by atoms with E-state index < -0.39 is 10.0 Å². The lowest BCUT2D eigenvalue weighted by molar-refractivity contribution is 0.0722. The van der Waals surface area contributed by atoms with Crippen molar-refractivity contribution in [2.75, 3.05) is 13.1 Å². The average molecular weight is 335 g/mol. The number of rotatable bonds is 4. The highest BCUT2D eigenvalue weighted by atomic mass is 32.2. The van der Waals surface area contributed by atoms with Crippen LogP contribution >= 0.6 is 11.3 Å². The van der Waals surface area contributed by atoms with Gasteiger partial charge in [-0.25, -0.2) is 13.4 Å². The lowest BCUT2D eigenvalue weighted by Gasteiger charge is -2.37. The largest absolute Gasteiger partial charge is 0.472 e. The van der Waals surface area contributed by atoms with E-state index in [1.165, 1.54) is 21.8 Å². The molecule has 1 aliphatic heterocycles. The Morgan fingerprint density at radius 1 is 1.36 bits per heavy atom. The van der Waals surface area contributed by atoms with Crippen molar-refractivity contribution in [2.45, 2.75) is 17.2 Å². The van der Waals surface area contributed by atoms with Gasteiger partial charge in [-0.2, -0.15) is 9.57 Å². The van der Waals surface area contributed by atoms with E-state index in [4.69, 9.17) is 10.00 Å². The number of hydrogen-bond acceptors (Lipinski definition) is 6. The van der Waals surface area contributed by atoms with Crippen molar-refractivity contribution < 1.29 is 13.2 Å². The molecule has 2 aromatic rings. The van der Waals surface area contributed by atoms with Crippen molar-refractivity contribution >= 4 is 21.4 Å². The summed E-state index contributed by atoms with van der Waals surface area (Å²) < 4.78 is 32.0. The first kappa shape index (κ1) is 15.0. The molecule has 3 heterocycles. The van der Waals surface area contributed by atoms with Gasteiger partial charge in [-0.05, 0) is 25.1 Å². The van der Waals surface area contributed by atoms with E-state index in [1.807, 2.05) is 13.0 Å². The molecule has 1 saturated heterocycles. The van der Waals surface area contributed by atoms with Crippen molar-refractivity contribution in [2.24, 2.45) is 0 Å². The summed E-state index contributed by atoms with van der Waals surface area (Å²) in [6, 6.07) is 8.63. The fourth-order valence-corrected chi connectivity index (χ4v) is 4.98. The normalized spacial score (nSPS) is 16.0. The van der Waals surface area contributed by atoms with Gasteiger partial charge in [0.25, 0.3) is 10.0 Å². The van der Waals surface area contributed by atoms with Gasteiger partial charge in [-0.3, -0.25) is 0 Å². The van der Waals surface area contributed by atoms with Gasteiger partial charge in [0.2, 0.25) is 5.88 Å². The average Bonchev–Trinajstić information content (AvgIpc) is 2.90. The third kappa shape index (κ3) is 2.83. The van der Waals surface area contributed by atoms with Crippen molar-refractivity contribution in [3.05, 3.63) is 40.9 Å². The van der Waals surface area contributed by atoms with E-state index in [1.54, 1.807) is 24.3 Å². The number of thiophene rings is 1. The highest BCUT2D eigenvalue weighted by Gasteiger charge is 2.38. The molecule has 0 radical (unpaired) electrons. The monoisotopic (exact) mass is 335 g/mol. The Kier molecular flexibility index (Phi) is 3.87. The maximum atomic E-state index is 12.3. The molecule has 0 aliphatic carbocycles. The quantitative estimate of drug-likeness (QED) is 0.850. The molecule has 8 heteroatoms. The zero-order chi connectivity index (χ0) is 15.7. The number of sulfonamides is 1. The molecule has 1 aliphatic rings. The van der Waals surface area contributed by atoms with Crippen LogP contribution in [0.3, 0.4) is 0 Å². The smallest absolute Gasteiger partial charge is 0.252 e. The van der Waals surface area contributed by atoms with Gasteiger partial charge in [0.1, 0.15) is 16.4 Å². The van der Waals surface area contributed by atoms with E-state index in [9.17, 15) is 8.42 Å². The third-order valence-corrected chi connectivity index (χ3v) is 6.58. The molecule has 0 unspecified atom stereocenters. The molecule has 0 amide bonds.